The van der Waals surface area contributed by atoms with Crippen molar-refractivity contribution in [2.45, 2.75) is 12.7 Å². The van der Waals surface area contributed by atoms with Crippen LogP contribution in [0.4, 0.5) is 30.4 Å². The lowest BCUT2D eigenvalue weighted by Gasteiger charge is -2.36. The molecule has 3 heterocycles. The molecule has 0 saturated carbocycles. The maximum absolute atomic E-state index is 13.3. The lowest BCUT2D eigenvalue weighted by molar-refractivity contribution is -0.137. The second-order valence-corrected chi connectivity index (χ2v) is 9.85. The minimum Gasteiger partial charge on any atom is -0.368 e. The Morgan fingerprint density at radius 2 is 1.78 bits per heavy atom. The predicted molar refractivity (Wildman–Crippen MR) is 140 cm³/mol. The van der Waals surface area contributed by atoms with Crippen LogP contribution >= 0.6 is 23.2 Å². The van der Waals surface area contributed by atoms with Gasteiger partial charge in [-0.05, 0) is 48.0 Å². The Morgan fingerprint density at radius 3 is 2.54 bits per heavy atom. The van der Waals surface area contributed by atoms with E-state index in [-0.39, 0.29) is 5.91 Å². The number of hydrogen-bond donors (Lipinski definition) is 1. The van der Waals surface area contributed by atoms with Crippen LogP contribution in [0.15, 0.2) is 54.7 Å². The predicted octanol–water partition coefficient (Wildman–Crippen LogP) is 5.80. The number of nitrogens with one attached hydrogen (secondary N) is 1. The van der Waals surface area contributed by atoms with Crippen LogP contribution < -0.4 is 15.1 Å². The third-order valence-corrected chi connectivity index (χ3v) is 7.21. The Kier molecular flexibility index (Phi) is 7.09. The van der Waals surface area contributed by atoms with Gasteiger partial charge in [0.1, 0.15) is 5.82 Å². The highest BCUT2D eigenvalue weighted by molar-refractivity contribution is 6.33. The van der Waals surface area contributed by atoms with Gasteiger partial charge in [0, 0.05) is 67.7 Å². The van der Waals surface area contributed by atoms with Gasteiger partial charge in [-0.1, -0.05) is 29.3 Å². The Bertz CT molecular complexity index is 1310. The number of pyridine rings is 1. The fourth-order valence-electron chi connectivity index (χ4n) is 4.64. The van der Waals surface area contributed by atoms with Gasteiger partial charge >= 0.3 is 6.18 Å². The molecule has 5 rings (SSSR count). The van der Waals surface area contributed by atoms with Crippen molar-refractivity contribution in [1.29, 1.82) is 0 Å². The fraction of sp³-hybridized carbons (Fsp3) is 0.308. The molecule has 194 valence electrons. The molecule has 0 radical (unpaired) electrons. The first-order valence-corrected chi connectivity index (χ1v) is 12.6. The molecule has 2 aliphatic heterocycles. The molecule has 0 bridgehead atoms. The Balaban J connectivity index is 1.29. The van der Waals surface area contributed by atoms with Crippen LogP contribution in [0.1, 0.15) is 21.5 Å². The summed E-state index contributed by atoms with van der Waals surface area (Å²) in [6.07, 6.45) is -2.84. The standard InChI is InChI=1S/C26H24Cl2F3N5O/c27-20-4-5-22(28)18(12-20)16-36-7-6-32-24-23(36)13-17(15-33-24)25(37)35-10-8-34(9-11-35)21-3-1-2-19(14-21)26(29,30)31/h1-5,12-15H,6-11,16H2,(H,32,33). The maximum atomic E-state index is 13.3. The van der Waals surface area contributed by atoms with Crippen molar-refractivity contribution in [2.24, 2.45) is 0 Å². The van der Waals surface area contributed by atoms with Crippen molar-refractivity contribution >= 4 is 46.3 Å². The Morgan fingerprint density at radius 1 is 1.00 bits per heavy atom. The van der Waals surface area contributed by atoms with Crippen LogP contribution in [-0.2, 0) is 12.7 Å². The van der Waals surface area contributed by atoms with Crippen molar-refractivity contribution in [3.05, 3.63) is 81.5 Å². The number of rotatable bonds is 4. The molecule has 1 fully saturated rings. The average Bonchev–Trinajstić information content (AvgIpc) is 2.90. The van der Waals surface area contributed by atoms with Crippen LogP contribution in [0.25, 0.3) is 0 Å². The number of hydrogen-bond acceptors (Lipinski definition) is 5. The normalized spacial score (nSPS) is 15.9. The summed E-state index contributed by atoms with van der Waals surface area (Å²) in [5.74, 6) is 0.528. The van der Waals surface area contributed by atoms with Gasteiger partial charge in [-0.3, -0.25) is 4.79 Å². The molecule has 11 heteroatoms. The molecule has 1 N–H and O–H groups in total. The summed E-state index contributed by atoms with van der Waals surface area (Å²) in [6, 6.07) is 12.4. The van der Waals surface area contributed by atoms with Crippen molar-refractivity contribution in [3.63, 3.8) is 0 Å². The zero-order valence-corrected chi connectivity index (χ0v) is 21.2. The number of nitrogens with zero attached hydrogens (tertiary/aromatic N) is 4. The van der Waals surface area contributed by atoms with Crippen LogP contribution in [-0.4, -0.2) is 55.1 Å². The SMILES string of the molecule is O=C(c1cnc2c(c1)N(Cc1cc(Cl)ccc1Cl)CCN2)N1CCN(c2cccc(C(F)(F)F)c2)CC1. The molecule has 1 saturated heterocycles. The smallest absolute Gasteiger partial charge is 0.368 e. The van der Waals surface area contributed by atoms with Gasteiger partial charge in [0.25, 0.3) is 5.91 Å². The van der Waals surface area contributed by atoms with Crippen LogP contribution in [0.5, 0.6) is 0 Å². The first-order valence-electron chi connectivity index (χ1n) is 11.8. The molecule has 0 unspecified atom stereocenters. The summed E-state index contributed by atoms with van der Waals surface area (Å²) in [5.41, 5.74) is 1.96. The second kappa shape index (κ2) is 10.3. The third-order valence-electron chi connectivity index (χ3n) is 6.60. The largest absolute Gasteiger partial charge is 0.416 e. The van der Waals surface area contributed by atoms with Gasteiger partial charge in [-0.25, -0.2) is 4.98 Å². The molecule has 0 spiro atoms. The van der Waals surface area contributed by atoms with E-state index in [1.165, 1.54) is 6.07 Å². The quantitative estimate of drug-likeness (QED) is 0.445. The summed E-state index contributed by atoms with van der Waals surface area (Å²) in [7, 11) is 0. The highest BCUT2D eigenvalue weighted by Crippen LogP contribution is 2.33. The molecule has 1 aromatic heterocycles. The zero-order valence-electron chi connectivity index (χ0n) is 19.7. The van der Waals surface area contributed by atoms with Gasteiger partial charge in [0.05, 0.1) is 16.8 Å². The molecular weight excluding hydrogens is 526 g/mol. The van der Waals surface area contributed by atoms with Gasteiger partial charge in [-0.15, -0.1) is 0 Å². The van der Waals surface area contributed by atoms with E-state index in [0.29, 0.717) is 72.9 Å². The lowest BCUT2D eigenvalue weighted by Crippen LogP contribution is -2.49. The summed E-state index contributed by atoms with van der Waals surface area (Å²) in [6.45, 7) is 3.58. The summed E-state index contributed by atoms with van der Waals surface area (Å²) >= 11 is 12.5. The van der Waals surface area contributed by atoms with E-state index in [1.807, 2.05) is 17.0 Å². The molecule has 2 aromatic carbocycles. The fourth-order valence-corrected chi connectivity index (χ4v) is 5.01. The molecular formula is C26H24Cl2F3N5O. The van der Waals surface area contributed by atoms with Crippen LogP contribution in [0.3, 0.4) is 0 Å². The monoisotopic (exact) mass is 549 g/mol. The highest BCUT2D eigenvalue weighted by atomic mass is 35.5. The molecule has 1 amide bonds. The first-order chi connectivity index (χ1) is 17.7. The number of alkyl halides is 3. The summed E-state index contributed by atoms with van der Waals surface area (Å²) in [4.78, 5) is 23.5. The number of anilines is 3. The average molecular weight is 550 g/mol. The molecule has 3 aromatic rings. The second-order valence-electron chi connectivity index (χ2n) is 9.00. The Hall–Kier alpha value is -3.17. The topological polar surface area (TPSA) is 51.7 Å². The minimum absolute atomic E-state index is 0.162. The Labute approximate surface area is 222 Å². The van der Waals surface area contributed by atoms with E-state index in [4.69, 9.17) is 23.2 Å². The van der Waals surface area contributed by atoms with Crippen LogP contribution in [0, 0.1) is 0 Å². The van der Waals surface area contributed by atoms with Gasteiger partial charge in [0.15, 0.2) is 0 Å². The van der Waals surface area contributed by atoms with E-state index in [1.54, 1.807) is 29.3 Å². The van der Waals surface area contributed by atoms with E-state index in [2.05, 4.69) is 15.2 Å². The third kappa shape index (κ3) is 5.57. The lowest BCUT2D eigenvalue weighted by atomic mass is 10.1. The van der Waals surface area contributed by atoms with E-state index in [0.717, 1.165) is 23.4 Å². The summed E-state index contributed by atoms with van der Waals surface area (Å²) in [5, 5.41) is 4.48. The maximum Gasteiger partial charge on any atom is 0.416 e. The van der Waals surface area contributed by atoms with Crippen LogP contribution in [0.2, 0.25) is 10.0 Å². The first kappa shape index (κ1) is 25.5. The molecule has 6 nitrogen and oxygen atoms in total. The van der Waals surface area contributed by atoms with Gasteiger partial charge in [0.2, 0.25) is 0 Å². The van der Waals surface area contributed by atoms with E-state index < -0.39 is 11.7 Å². The van der Waals surface area contributed by atoms with Gasteiger partial charge in [-0.2, -0.15) is 13.2 Å². The zero-order chi connectivity index (χ0) is 26.2. The number of carbonyl (C=O) groups is 1. The number of amides is 1. The molecule has 0 aliphatic carbocycles. The number of carbonyl (C=O) groups excluding carboxylic acids is 1. The summed E-state index contributed by atoms with van der Waals surface area (Å²) < 4.78 is 39.3. The molecule has 37 heavy (non-hydrogen) atoms. The number of benzene rings is 2. The van der Waals surface area contributed by atoms with Crippen molar-refractivity contribution < 1.29 is 18.0 Å². The van der Waals surface area contributed by atoms with Gasteiger partial charge < -0.3 is 20.0 Å². The van der Waals surface area contributed by atoms with E-state index in [9.17, 15) is 18.0 Å². The van der Waals surface area contributed by atoms with Crippen molar-refractivity contribution in [2.75, 3.05) is 54.4 Å². The number of halogens is 5. The molecule has 0 atom stereocenters. The minimum atomic E-state index is -4.39. The number of aromatic nitrogens is 1. The van der Waals surface area contributed by atoms with Crippen molar-refractivity contribution in [1.82, 2.24) is 9.88 Å². The van der Waals surface area contributed by atoms with Crippen molar-refractivity contribution in [3.8, 4) is 0 Å². The highest BCUT2D eigenvalue weighted by Gasteiger charge is 2.31. The number of piperazine rings is 1. The van der Waals surface area contributed by atoms with E-state index >= 15 is 0 Å². The molecule has 2 aliphatic rings. The number of fused-ring (bicyclic) bond motifs is 1.